The Morgan fingerprint density at radius 3 is 2.80 bits per heavy atom. The fourth-order valence-corrected chi connectivity index (χ4v) is 1.31. The number of hydrogen-bond acceptors (Lipinski definition) is 2. The fraction of sp³-hybridized carbons (Fsp3) is 0.364. The van der Waals surface area contributed by atoms with E-state index in [1.165, 1.54) is 24.0 Å². The Labute approximate surface area is 88.1 Å². The van der Waals surface area contributed by atoms with Gasteiger partial charge >= 0.3 is 0 Å². The first-order valence-corrected chi connectivity index (χ1v) is 4.68. The fourth-order valence-electron chi connectivity index (χ4n) is 1.31. The maximum atomic E-state index is 12.8. The summed E-state index contributed by atoms with van der Waals surface area (Å²) in [5, 5.41) is 9.06. The highest BCUT2D eigenvalue weighted by atomic mass is 19.1. The number of carbonyl (C=O) groups is 1. The van der Waals surface area contributed by atoms with Gasteiger partial charge in [0, 0.05) is 13.6 Å². The molecule has 0 heterocycles. The lowest BCUT2D eigenvalue weighted by molar-refractivity contribution is -0.138. The maximum Gasteiger partial charge on any atom is 0.251 e. The summed E-state index contributed by atoms with van der Waals surface area (Å²) < 4.78 is 12.8. The van der Waals surface area contributed by atoms with Gasteiger partial charge in [-0.3, -0.25) is 4.79 Å². The van der Waals surface area contributed by atoms with Crippen molar-refractivity contribution < 1.29 is 14.3 Å². The minimum absolute atomic E-state index is 0.293. The zero-order chi connectivity index (χ0) is 11.4. The van der Waals surface area contributed by atoms with Crippen LogP contribution < -0.4 is 0 Å². The number of rotatable bonds is 3. The van der Waals surface area contributed by atoms with Crippen molar-refractivity contribution in [3.8, 4) is 0 Å². The molecule has 0 fully saturated rings. The Bertz CT molecular complexity index is 352. The normalized spacial score (nSPS) is 12.3. The SMILES string of the molecule is CC(O)C(=O)N(C)Cc1cccc(F)c1. The third kappa shape index (κ3) is 3.32. The van der Waals surface area contributed by atoms with Crippen LogP contribution in [0.5, 0.6) is 0 Å². The lowest BCUT2D eigenvalue weighted by atomic mass is 10.2. The van der Waals surface area contributed by atoms with Crippen LogP contribution in [0.2, 0.25) is 0 Å². The van der Waals surface area contributed by atoms with E-state index >= 15 is 0 Å². The monoisotopic (exact) mass is 211 g/mol. The predicted octanol–water partition coefficient (Wildman–Crippen LogP) is 1.16. The molecule has 3 nitrogen and oxygen atoms in total. The van der Waals surface area contributed by atoms with Gasteiger partial charge in [-0.05, 0) is 24.6 Å². The van der Waals surface area contributed by atoms with E-state index in [1.807, 2.05) is 0 Å². The van der Waals surface area contributed by atoms with E-state index in [0.717, 1.165) is 0 Å². The molecule has 1 unspecified atom stereocenters. The molecule has 1 rings (SSSR count). The molecule has 1 aromatic rings. The van der Waals surface area contributed by atoms with Crippen LogP contribution in [0.25, 0.3) is 0 Å². The van der Waals surface area contributed by atoms with Gasteiger partial charge in [-0.15, -0.1) is 0 Å². The Morgan fingerprint density at radius 2 is 2.27 bits per heavy atom. The quantitative estimate of drug-likeness (QED) is 0.815. The molecule has 1 aromatic carbocycles. The van der Waals surface area contributed by atoms with Gasteiger partial charge in [-0.25, -0.2) is 4.39 Å². The summed E-state index contributed by atoms with van der Waals surface area (Å²) in [6.45, 7) is 1.70. The van der Waals surface area contributed by atoms with Crippen LogP contribution in [0.1, 0.15) is 12.5 Å². The molecule has 82 valence electrons. The number of nitrogens with zero attached hydrogens (tertiary/aromatic N) is 1. The number of aliphatic hydroxyl groups excluding tert-OH is 1. The van der Waals surface area contributed by atoms with Gasteiger partial charge in [-0.1, -0.05) is 12.1 Å². The standard InChI is InChI=1S/C11H14FNO2/c1-8(14)11(15)13(2)7-9-4-3-5-10(12)6-9/h3-6,8,14H,7H2,1-2H3. The Morgan fingerprint density at radius 1 is 1.60 bits per heavy atom. The first-order valence-electron chi connectivity index (χ1n) is 4.68. The maximum absolute atomic E-state index is 12.8. The molecule has 0 saturated carbocycles. The molecule has 1 N–H and O–H groups in total. The first-order chi connectivity index (χ1) is 7.00. The number of halogens is 1. The highest BCUT2D eigenvalue weighted by Crippen LogP contribution is 2.06. The summed E-state index contributed by atoms with van der Waals surface area (Å²) in [7, 11) is 1.57. The molecule has 15 heavy (non-hydrogen) atoms. The molecular formula is C11H14FNO2. The van der Waals surface area contributed by atoms with Crippen LogP contribution in [-0.2, 0) is 11.3 Å². The first kappa shape index (κ1) is 11.7. The van der Waals surface area contributed by atoms with Gasteiger partial charge in [0.15, 0.2) is 0 Å². The lowest BCUT2D eigenvalue weighted by Crippen LogP contribution is -2.34. The van der Waals surface area contributed by atoms with Crippen molar-refractivity contribution >= 4 is 5.91 Å². The summed E-state index contributed by atoms with van der Waals surface area (Å²) in [5.74, 6) is -0.704. The van der Waals surface area contributed by atoms with E-state index in [2.05, 4.69) is 0 Å². The Balaban J connectivity index is 2.66. The molecule has 0 radical (unpaired) electrons. The van der Waals surface area contributed by atoms with Crippen LogP contribution in [0.15, 0.2) is 24.3 Å². The van der Waals surface area contributed by atoms with Crippen LogP contribution >= 0.6 is 0 Å². The number of aliphatic hydroxyl groups is 1. The van der Waals surface area contributed by atoms with Crippen molar-refractivity contribution in [1.82, 2.24) is 4.90 Å². The summed E-state index contributed by atoms with van der Waals surface area (Å²) >= 11 is 0. The van der Waals surface area contributed by atoms with Crippen LogP contribution in [0.3, 0.4) is 0 Å². The molecule has 0 aliphatic heterocycles. The zero-order valence-electron chi connectivity index (χ0n) is 8.77. The van der Waals surface area contributed by atoms with E-state index in [1.54, 1.807) is 19.2 Å². The third-order valence-corrected chi connectivity index (χ3v) is 2.04. The number of hydrogen-bond donors (Lipinski definition) is 1. The van der Waals surface area contributed by atoms with E-state index < -0.39 is 6.10 Å². The second-order valence-electron chi connectivity index (χ2n) is 3.50. The van der Waals surface area contributed by atoms with Crippen molar-refractivity contribution in [2.75, 3.05) is 7.05 Å². The van der Waals surface area contributed by atoms with Crippen molar-refractivity contribution in [2.24, 2.45) is 0 Å². The number of amides is 1. The predicted molar refractivity (Wildman–Crippen MR) is 54.6 cm³/mol. The van der Waals surface area contributed by atoms with Crippen molar-refractivity contribution in [2.45, 2.75) is 19.6 Å². The van der Waals surface area contributed by atoms with E-state index in [9.17, 15) is 9.18 Å². The second kappa shape index (κ2) is 4.89. The summed E-state index contributed by atoms with van der Waals surface area (Å²) in [6.07, 6.45) is -1.02. The highest BCUT2D eigenvalue weighted by Gasteiger charge is 2.14. The third-order valence-electron chi connectivity index (χ3n) is 2.04. The molecule has 0 saturated heterocycles. The smallest absolute Gasteiger partial charge is 0.251 e. The molecule has 0 spiro atoms. The number of benzene rings is 1. The van der Waals surface area contributed by atoms with Gasteiger partial charge in [0.25, 0.3) is 5.91 Å². The molecule has 0 bridgehead atoms. The average Bonchev–Trinajstić information content (AvgIpc) is 2.16. The molecular weight excluding hydrogens is 197 g/mol. The minimum Gasteiger partial charge on any atom is -0.384 e. The van der Waals surface area contributed by atoms with Crippen LogP contribution in [-0.4, -0.2) is 29.1 Å². The Kier molecular flexibility index (Phi) is 3.80. The Hall–Kier alpha value is -1.42. The second-order valence-corrected chi connectivity index (χ2v) is 3.50. The average molecular weight is 211 g/mol. The molecule has 1 amide bonds. The van der Waals surface area contributed by atoms with E-state index in [4.69, 9.17) is 5.11 Å². The lowest BCUT2D eigenvalue weighted by Gasteiger charge is -2.18. The van der Waals surface area contributed by atoms with Gasteiger partial charge in [-0.2, -0.15) is 0 Å². The number of carbonyl (C=O) groups excluding carboxylic acids is 1. The number of likely N-dealkylation sites (N-methyl/N-ethyl adjacent to an activating group) is 1. The van der Waals surface area contributed by atoms with Crippen LogP contribution in [0.4, 0.5) is 4.39 Å². The van der Waals surface area contributed by atoms with Gasteiger partial charge < -0.3 is 10.0 Å². The topological polar surface area (TPSA) is 40.5 Å². The summed E-state index contributed by atoms with van der Waals surface area (Å²) in [6, 6.07) is 6.03. The molecule has 0 aliphatic carbocycles. The summed E-state index contributed by atoms with van der Waals surface area (Å²) in [4.78, 5) is 12.7. The molecule has 1 atom stereocenters. The summed E-state index contributed by atoms with van der Waals surface area (Å²) in [5.41, 5.74) is 0.700. The van der Waals surface area contributed by atoms with Gasteiger partial charge in [0.1, 0.15) is 11.9 Å². The molecule has 0 aliphatic rings. The van der Waals surface area contributed by atoms with Crippen molar-refractivity contribution in [1.29, 1.82) is 0 Å². The van der Waals surface area contributed by atoms with E-state index in [-0.39, 0.29) is 11.7 Å². The minimum atomic E-state index is -1.02. The van der Waals surface area contributed by atoms with E-state index in [0.29, 0.717) is 12.1 Å². The van der Waals surface area contributed by atoms with Crippen molar-refractivity contribution in [3.63, 3.8) is 0 Å². The van der Waals surface area contributed by atoms with Gasteiger partial charge in [0.2, 0.25) is 0 Å². The zero-order valence-corrected chi connectivity index (χ0v) is 8.77. The van der Waals surface area contributed by atoms with Gasteiger partial charge in [0.05, 0.1) is 0 Å². The highest BCUT2D eigenvalue weighted by molar-refractivity contribution is 5.79. The molecule has 0 aromatic heterocycles. The molecule has 4 heteroatoms. The van der Waals surface area contributed by atoms with Crippen LogP contribution in [0, 0.1) is 5.82 Å². The largest absolute Gasteiger partial charge is 0.384 e. The van der Waals surface area contributed by atoms with Crippen molar-refractivity contribution in [3.05, 3.63) is 35.6 Å².